The van der Waals surface area contributed by atoms with Crippen molar-refractivity contribution in [2.75, 3.05) is 28.6 Å². The molecule has 4 rings (SSSR count). The molecule has 1 aromatic heterocycles. The first-order chi connectivity index (χ1) is 14.8. The number of fused-ring (bicyclic) bond motifs is 1. The summed E-state index contributed by atoms with van der Waals surface area (Å²) in [6.07, 6.45) is 1.94. The molecule has 3 heterocycles. The van der Waals surface area contributed by atoms with Gasteiger partial charge in [0.2, 0.25) is 17.8 Å². The summed E-state index contributed by atoms with van der Waals surface area (Å²) in [5, 5.41) is 5.52. The van der Waals surface area contributed by atoms with E-state index in [1.165, 1.54) is 0 Å². The van der Waals surface area contributed by atoms with Gasteiger partial charge in [-0.05, 0) is 42.4 Å². The molecule has 3 atom stereocenters. The van der Waals surface area contributed by atoms with Gasteiger partial charge in [-0.3, -0.25) is 19.4 Å². The zero-order valence-corrected chi connectivity index (χ0v) is 18.2. The molecule has 0 spiro atoms. The van der Waals surface area contributed by atoms with E-state index < -0.39 is 5.92 Å². The predicted octanol–water partition coefficient (Wildman–Crippen LogP) is 2.88. The van der Waals surface area contributed by atoms with E-state index >= 15 is 0 Å². The number of hydrogen-bond donors (Lipinski definition) is 3. The fourth-order valence-electron chi connectivity index (χ4n) is 4.62. The van der Waals surface area contributed by atoms with Crippen LogP contribution in [-0.2, 0) is 16.0 Å². The first-order valence-corrected chi connectivity index (χ1v) is 10.9. The van der Waals surface area contributed by atoms with E-state index in [0.717, 1.165) is 31.5 Å². The number of aryl methyl sites for hydroxylation is 1. The largest absolute Gasteiger partial charge is 0.342 e. The number of carbonyl (C=O) groups is 2. The molecule has 0 bridgehead atoms. The number of benzene rings is 1. The van der Waals surface area contributed by atoms with Crippen LogP contribution in [0.4, 0.5) is 17.5 Å². The Kier molecular flexibility index (Phi) is 5.80. The fraction of sp³-hybridized carbons (Fsp3) is 0.478. The summed E-state index contributed by atoms with van der Waals surface area (Å²) in [6.45, 7) is 7.99. The third-order valence-electron chi connectivity index (χ3n) is 6.05. The molecule has 164 valence electrons. The topological polar surface area (TPSA) is 107 Å². The molecular formula is C23H29N5O3. The van der Waals surface area contributed by atoms with Gasteiger partial charge in [0, 0.05) is 25.2 Å². The molecule has 2 aromatic rings. The summed E-state index contributed by atoms with van der Waals surface area (Å²) >= 11 is 0. The van der Waals surface area contributed by atoms with E-state index in [-0.39, 0.29) is 35.2 Å². The van der Waals surface area contributed by atoms with Crippen LogP contribution in [0.15, 0.2) is 29.1 Å². The van der Waals surface area contributed by atoms with Crippen LogP contribution in [0.3, 0.4) is 0 Å². The number of aromatic nitrogens is 2. The van der Waals surface area contributed by atoms with E-state index in [1.807, 2.05) is 29.2 Å². The van der Waals surface area contributed by atoms with Gasteiger partial charge in [-0.1, -0.05) is 32.9 Å². The quantitative estimate of drug-likeness (QED) is 0.701. The average Bonchev–Trinajstić information content (AvgIpc) is 2.72. The van der Waals surface area contributed by atoms with Crippen molar-refractivity contribution in [1.29, 1.82) is 0 Å². The first-order valence-electron chi connectivity index (χ1n) is 10.9. The maximum absolute atomic E-state index is 13.0. The van der Waals surface area contributed by atoms with Crippen molar-refractivity contribution in [3.63, 3.8) is 0 Å². The Hall–Kier alpha value is -3.16. The highest BCUT2D eigenvalue weighted by molar-refractivity contribution is 6.04. The number of carbonyl (C=O) groups excluding carboxylic acids is 2. The second-order valence-corrected chi connectivity index (χ2v) is 8.85. The number of piperidine rings is 1. The number of anilines is 3. The Morgan fingerprint density at radius 3 is 2.48 bits per heavy atom. The molecule has 2 amide bonds. The van der Waals surface area contributed by atoms with Crippen LogP contribution in [0, 0.1) is 11.8 Å². The molecule has 0 aliphatic carbocycles. The van der Waals surface area contributed by atoms with E-state index in [2.05, 4.69) is 41.4 Å². The Morgan fingerprint density at radius 2 is 1.84 bits per heavy atom. The number of nitrogens with zero attached hydrogens (tertiary/aromatic N) is 2. The number of amides is 2. The SMILES string of the molecule is CCc1ccc(NC(=O)C2CC(=O)Nc3nc(N4CC(C)CC(C)C4)[nH]c(=O)c32)cc1. The standard InChI is InChI=1S/C23H29N5O3/c1-4-15-5-7-16(8-6-15)24-21(30)17-10-18(29)25-20-19(17)22(31)27-23(26-20)28-11-13(2)9-14(3)12-28/h5-8,13-14,17H,4,9-12H2,1-3H3,(H,24,30)(H2,25,26,27,29,31). The molecule has 3 unspecified atom stereocenters. The monoisotopic (exact) mass is 423 g/mol. The normalized spacial score (nSPS) is 23.1. The summed E-state index contributed by atoms with van der Waals surface area (Å²) < 4.78 is 0. The van der Waals surface area contributed by atoms with Crippen molar-refractivity contribution in [2.24, 2.45) is 11.8 Å². The van der Waals surface area contributed by atoms with E-state index in [4.69, 9.17) is 0 Å². The molecule has 1 saturated heterocycles. The van der Waals surface area contributed by atoms with Crippen molar-refractivity contribution < 1.29 is 9.59 Å². The number of aromatic amines is 1. The smallest absolute Gasteiger partial charge is 0.258 e. The van der Waals surface area contributed by atoms with Crippen LogP contribution in [0.5, 0.6) is 0 Å². The maximum Gasteiger partial charge on any atom is 0.258 e. The summed E-state index contributed by atoms with van der Waals surface area (Å²) in [7, 11) is 0. The van der Waals surface area contributed by atoms with Crippen LogP contribution in [0.1, 0.15) is 50.7 Å². The van der Waals surface area contributed by atoms with Crippen molar-refractivity contribution in [3.8, 4) is 0 Å². The van der Waals surface area contributed by atoms with Gasteiger partial charge in [0.05, 0.1) is 11.5 Å². The van der Waals surface area contributed by atoms with Crippen LogP contribution < -0.4 is 21.1 Å². The molecule has 1 aromatic carbocycles. The molecule has 8 nitrogen and oxygen atoms in total. The van der Waals surface area contributed by atoms with Crippen LogP contribution >= 0.6 is 0 Å². The van der Waals surface area contributed by atoms with Crippen LogP contribution in [-0.4, -0.2) is 34.9 Å². The highest BCUT2D eigenvalue weighted by atomic mass is 16.2. The average molecular weight is 424 g/mol. The Morgan fingerprint density at radius 1 is 1.16 bits per heavy atom. The molecular weight excluding hydrogens is 394 g/mol. The molecule has 3 N–H and O–H groups in total. The molecule has 1 fully saturated rings. The van der Waals surface area contributed by atoms with Crippen LogP contribution in [0.25, 0.3) is 0 Å². The molecule has 2 aliphatic heterocycles. The lowest BCUT2D eigenvalue weighted by molar-refractivity contribution is -0.123. The lowest BCUT2D eigenvalue weighted by Crippen LogP contribution is -2.42. The highest BCUT2D eigenvalue weighted by Crippen LogP contribution is 2.31. The van der Waals surface area contributed by atoms with Gasteiger partial charge in [0.25, 0.3) is 5.56 Å². The molecule has 31 heavy (non-hydrogen) atoms. The van der Waals surface area contributed by atoms with E-state index in [1.54, 1.807) is 0 Å². The third-order valence-corrected chi connectivity index (χ3v) is 6.05. The van der Waals surface area contributed by atoms with Crippen molar-refractivity contribution >= 4 is 29.3 Å². The summed E-state index contributed by atoms with van der Waals surface area (Å²) in [6, 6.07) is 7.53. The summed E-state index contributed by atoms with van der Waals surface area (Å²) in [5.74, 6) is -0.00579. The fourth-order valence-corrected chi connectivity index (χ4v) is 4.62. The van der Waals surface area contributed by atoms with E-state index in [9.17, 15) is 14.4 Å². The first kappa shape index (κ1) is 21.1. The van der Waals surface area contributed by atoms with Crippen molar-refractivity contribution in [3.05, 3.63) is 45.7 Å². The van der Waals surface area contributed by atoms with Crippen LogP contribution in [0.2, 0.25) is 0 Å². The van der Waals surface area contributed by atoms with Gasteiger partial charge >= 0.3 is 0 Å². The lowest BCUT2D eigenvalue weighted by Gasteiger charge is -2.35. The molecule has 8 heteroatoms. The second kappa shape index (κ2) is 8.53. The van der Waals surface area contributed by atoms with Crippen molar-refractivity contribution in [1.82, 2.24) is 9.97 Å². The Bertz CT molecular complexity index is 1040. The lowest BCUT2D eigenvalue weighted by atomic mass is 9.91. The van der Waals surface area contributed by atoms with Gasteiger partial charge in [0.1, 0.15) is 5.82 Å². The Balaban J connectivity index is 1.62. The van der Waals surface area contributed by atoms with Gasteiger partial charge in [-0.25, -0.2) is 0 Å². The van der Waals surface area contributed by atoms with Gasteiger partial charge in [0.15, 0.2) is 0 Å². The molecule has 0 saturated carbocycles. The minimum atomic E-state index is -0.890. The summed E-state index contributed by atoms with van der Waals surface area (Å²) in [5.41, 5.74) is 1.62. The number of H-pyrrole nitrogens is 1. The minimum Gasteiger partial charge on any atom is -0.342 e. The third kappa shape index (κ3) is 4.47. The molecule has 2 aliphatic rings. The van der Waals surface area contributed by atoms with Gasteiger partial charge in [-0.15, -0.1) is 0 Å². The zero-order chi connectivity index (χ0) is 22.1. The van der Waals surface area contributed by atoms with E-state index in [0.29, 0.717) is 23.5 Å². The van der Waals surface area contributed by atoms with Gasteiger partial charge < -0.3 is 15.5 Å². The maximum atomic E-state index is 13.0. The van der Waals surface area contributed by atoms with Crippen molar-refractivity contribution in [2.45, 2.75) is 46.0 Å². The van der Waals surface area contributed by atoms with Gasteiger partial charge in [-0.2, -0.15) is 4.98 Å². The Labute approximate surface area is 181 Å². The number of hydrogen-bond acceptors (Lipinski definition) is 5. The number of nitrogens with one attached hydrogen (secondary N) is 3. The second-order valence-electron chi connectivity index (χ2n) is 8.85. The zero-order valence-electron chi connectivity index (χ0n) is 18.2. The predicted molar refractivity (Wildman–Crippen MR) is 120 cm³/mol. The molecule has 0 radical (unpaired) electrons. The summed E-state index contributed by atoms with van der Waals surface area (Å²) in [4.78, 5) is 47.7. The number of rotatable bonds is 4. The minimum absolute atomic E-state index is 0.0895. The highest BCUT2D eigenvalue weighted by Gasteiger charge is 2.35.